The molecule has 2 nitrogen and oxygen atoms in total. The average Bonchev–Trinajstić information content (AvgIpc) is 1.94. The van der Waals surface area contributed by atoms with Crippen molar-refractivity contribution in [2.45, 2.75) is 26.4 Å². The minimum Gasteiger partial charge on any atom is -0.378 e. The highest BCUT2D eigenvalue weighted by molar-refractivity contribution is 4.74. The second-order valence-corrected chi connectivity index (χ2v) is 2.96. The van der Waals surface area contributed by atoms with Crippen LogP contribution in [0.2, 0.25) is 0 Å². The van der Waals surface area contributed by atoms with Gasteiger partial charge in [0.05, 0.1) is 6.10 Å². The topological polar surface area (TPSA) is 21.3 Å². The van der Waals surface area contributed by atoms with E-state index in [2.05, 4.69) is 19.2 Å². The molecular weight excluding hydrogens is 126 g/mol. The van der Waals surface area contributed by atoms with Gasteiger partial charge in [0.1, 0.15) is 0 Å². The van der Waals surface area contributed by atoms with Crippen molar-refractivity contribution in [2.24, 2.45) is 5.92 Å². The lowest BCUT2D eigenvalue weighted by molar-refractivity contribution is 0.00817. The van der Waals surface area contributed by atoms with Gasteiger partial charge in [0.25, 0.3) is 0 Å². The Balaban J connectivity index is 2.25. The van der Waals surface area contributed by atoms with Gasteiger partial charge in [0, 0.05) is 13.2 Å². The molecule has 10 heavy (non-hydrogen) atoms. The monoisotopic (exact) mass is 143 g/mol. The van der Waals surface area contributed by atoms with Gasteiger partial charge in [-0.3, -0.25) is 0 Å². The van der Waals surface area contributed by atoms with Crippen molar-refractivity contribution in [3.63, 3.8) is 0 Å². The molecule has 0 radical (unpaired) electrons. The van der Waals surface area contributed by atoms with Gasteiger partial charge < -0.3 is 10.1 Å². The van der Waals surface area contributed by atoms with Gasteiger partial charge in [-0.15, -0.1) is 0 Å². The molecule has 2 atom stereocenters. The Morgan fingerprint density at radius 2 is 2.40 bits per heavy atom. The number of hydrogen-bond donors (Lipinski definition) is 1. The lowest BCUT2D eigenvalue weighted by Crippen LogP contribution is -2.39. The van der Waals surface area contributed by atoms with Crippen LogP contribution in [-0.4, -0.2) is 25.8 Å². The van der Waals surface area contributed by atoms with E-state index in [-0.39, 0.29) is 0 Å². The molecule has 1 fully saturated rings. The summed E-state index contributed by atoms with van der Waals surface area (Å²) in [6.07, 6.45) is 1.68. The maximum Gasteiger partial charge on any atom is 0.0624 e. The molecule has 0 spiro atoms. The quantitative estimate of drug-likeness (QED) is 0.623. The summed E-state index contributed by atoms with van der Waals surface area (Å²) >= 11 is 0. The van der Waals surface area contributed by atoms with Gasteiger partial charge in [-0.25, -0.2) is 0 Å². The molecule has 2 heteroatoms. The molecule has 0 aromatic rings. The van der Waals surface area contributed by atoms with E-state index in [1.165, 1.54) is 6.42 Å². The number of rotatable bonds is 2. The van der Waals surface area contributed by atoms with Crippen LogP contribution in [0.3, 0.4) is 0 Å². The van der Waals surface area contributed by atoms with E-state index in [0.29, 0.717) is 12.0 Å². The molecule has 0 aliphatic carbocycles. The highest BCUT2D eigenvalue weighted by atomic mass is 16.5. The molecule has 0 bridgehead atoms. The van der Waals surface area contributed by atoms with E-state index in [1.54, 1.807) is 0 Å². The lowest BCUT2D eigenvalue weighted by Gasteiger charge is -2.28. The SMILES string of the molecule is CCOC1CCNCC1C. The van der Waals surface area contributed by atoms with Crippen LogP contribution >= 0.6 is 0 Å². The minimum absolute atomic E-state index is 0.506. The molecule has 1 saturated heterocycles. The Hall–Kier alpha value is -0.0800. The van der Waals surface area contributed by atoms with Gasteiger partial charge in [-0.05, 0) is 25.8 Å². The fraction of sp³-hybridized carbons (Fsp3) is 1.00. The zero-order chi connectivity index (χ0) is 7.40. The first-order valence-electron chi connectivity index (χ1n) is 4.17. The third-order valence-corrected chi connectivity index (χ3v) is 2.09. The minimum atomic E-state index is 0.506. The van der Waals surface area contributed by atoms with Crippen molar-refractivity contribution in [3.05, 3.63) is 0 Å². The Bertz CT molecular complexity index is 93.3. The number of nitrogens with one attached hydrogen (secondary N) is 1. The summed E-state index contributed by atoms with van der Waals surface area (Å²) in [7, 11) is 0. The van der Waals surface area contributed by atoms with Crippen LogP contribution in [0.1, 0.15) is 20.3 Å². The zero-order valence-electron chi connectivity index (χ0n) is 6.89. The third kappa shape index (κ3) is 1.96. The molecule has 1 N–H and O–H groups in total. The highest BCUT2D eigenvalue weighted by Gasteiger charge is 2.20. The first-order chi connectivity index (χ1) is 4.84. The molecule has 1 rings (SSSR count). The second-order valence-electron chi connectivity index (χ2n) is 2.96. The summed E-state index contributed by atoms with van der Waals surface area (Å²) in [5.41, 5.74) is 0. The number of ether oxygens (including phenoxy) is 1. The lowest BCUT2D eigenvalue weighted by atomic mass is 9.98. The van der Waals surface area contributed by atoms with E-state index < -0.39 is 0 Å². The Labute approximate surface area is 63.0 Å². The van der Waals surface area contributed by atoms with Gasteiger partial charge in [-0.1, -0.05) is 6.92 Å². The summed E-state index contributed by atoms with van der Waals surface area (Å²) in [6.45, 7) is 7.40. The summed E-state index contributed by atoms with van der Waals surface area (Å²) in [4.78, 5) is 0. The van der Waals surface area contributed by atoms with Crippen molar-refractivity contribution < 1.29 is 4.74 Å². The molecular formula is C8H17NO. The van der Waals surface area contributed by atoms with Crippen molar-refractivity contribution >= 4 is 0 Å². The molecule has 0 saturated carbocycles. The van der Waals surface area contributed by atoms with Crippen LogP contribution in [0.25, 0.3) is 0 Å². The molecule has 2 unspecified atom stereocenters. The molecule has 60 valence electrons. The van der Waals surface area contributed by atoms with Crippen molar-refractivity contribution in [1.82, 2.24) is 5.32 Å². The summed E-state index contributed by atoms with van der Waals surface area (Å²) in [5.74, 6) is 0.689. The van der Waals surface area contributed by atoms with Crippen LogP contribution in [-0.2, 0) is 4.74 Å². The molecule has 1 heterocycles. The van der Waals surface area contributed by atoms with Crippen LogP contribution in [0, 0.1) is 5.92 Å². The number of piperidine rings is 1. The third-order valence-electron chi connectivity index (χ3n) is 2.09. The van der Waals surface area contributed by atoms with E-state index in [1.807, 2.05) is 0 Å². The molecule has 0 aromatic heterocycles. The Morgan fingerprint density at radius 3 is 3.00 bits per heavy atom. The standard InChI is InChI=1S/C8H17NO/c1-3-10-8-4-5-9-6-7(8)2/h7-9H,3-6H2,1-2H3. The van der Waals surface area contributed by atoms with Crippen molar-refractivity contribution in [2.75, 3.05) is 19.7 Å². The molecule has 1 aliphatic heterocycles. The van der Waals surface area contributed by atoms with Crippen molar-refractivity contribution in [1.29, 1.82) is 0 Å². The van der Waals surface area contributed by atoms with Crippen LogP contribution in [0.4, 0.5) is 0 Å². The summed E-state index contributed by atoms with van der Waals surface area (Å²) in [5, 5.41) is 3.34. The van der Waals surface area contributed by atoms with Crippen molar-refractivity contribution in [3.8, 4) is 0 Å². The van der Waals surface area contributed by atoms with E-state index in [4.69, 9.17) is 4.74 Å². The first-order valence-corrected chi connectivity index (χ1v) is 4.17. The van der Waals surface area contributed by atoms with Crippen LogP contribution in [0.15, 0.2) is 0 Å². The first kappa shape index (κ1) is 8.02. The highest BCUT2D eigenvalue weighted by Crippen LogP contribution is 2.13. The maximum absolute atomic E-state index is 5.56. The summed E-state index contributed by atoms with van der Waals surface area (Å²) < 4.78 is 5.56. The second kappa shape index (κ2) is 3.94. The maximum atomic E-state index is 5.56. The number of hydrogen-bond acceptors (Lipinski definition) is 2. The van der Waals surface area contributed by atoms with Gasteiger partial charge in [-0.2, -0.15) is 0 Å². The Morgan fingerprint density at radius 1 is 1.60 bits per heavy atom. The predicted molar refractivity (Wildman–Crippen MR) is 42.1 cm³/mol. The van der Waals surface area contributed by atoms with Crippen LogP contribution < -0.4 is 5.32 Å². The van der Waals surface area contributed by atoms with Gasteiger partial charge in [0.15, 0.2) is 0 Å². The van der Waals surface area contributed by atoms with Crippen LogP contribution in [0.5, 0.6) is 0 Å². The van der Waals surface area contributed by atoms with E-state index in [0.717, 1.165) is 19.7 Å². The van der Waals surface area contributed by atoms with Gasteiger partial charge >= 0.3 is 0 Å². The molecule has 0 aromatic carbocycles. The fourth-order valence-corrected chi connectivity index (χ4v) is 1.45. The normalized spacial score (nSPS) is 34.2. The molecule has 1 aliphatic rings. The molecule has 0 amide bonds. The van der Waals surface area contributed by atoms with Gasteiger partial charge in [0.2, 0.25) is 0 Å². The van der Waals surface area contributed by atoms with E-state index >= 15 is 0 Å². The average molecular weight is 143 g/mol. The largest absolute Gasteiger partial charge is 0.378 e. The fourth-order valence-electron chi connectivity index (χ4n) is 1.45. The van der Waals surface area contributed by atoms with E-state index in [9.17, 15) is 0 Å². The summed E-state index contributed by atoms with van der Waals surface area (Å²) in [6, 6.07) is 0. The zero-order valence-corrected chi connectivity index (χ0v) is 6.89. The predicted octanol–water partition coefficient (Wildman–Crippen LogP) is 1.02. The Kier molecular flexibility index (Phi) is 3.16. The smallest absolute Gasteiger partial charge is 0.0624 e.